The smallest absolute Gasteiger partial charge is 0.196 e. The summed E-state index contributed by atoms with van der Waals surface area (Å²) in [4.78, 5) is 0. The van der Waals surface area contributed by atoms with E-state index in [0.29, 0.717) is 5.03 Å². The molecule has 0 bridgehead atoms. The molecule has 1 aliphatic rings. The monoisotopic (exact) mass is 178 g/mol. The van der Waals surface area contributed by atoms with E-state index in [2.05, 4.69) is 0 Å². The van der Waals surface area contributed by atoms with Gasteiger partial charge in [-0.05, 0) is 12.5 Å². The van der Waals surface area contributed by atoms with Gasteiger partial charge in [-0.1, -0.05) is 35.4 Å². The standard InChI is InChI=1S/C7H8Cl2O/c1-10-7(9)5-3-2-4-6(7)8/h3-5H,2H2,1H3. The summed E-state index contributed by atoms with van der Waals surface area (Å²) in [6.45, 7) is 0. The molecule has 0 radical (unpaired) electrons. The van der Waals surface area contributed by atoms with Gasteiger partial charge in [-0.3, -0.25) is 0 Å². The predicted molar refractivity (Wildman–Crippen MR) is 43.3 cm³/mol. The Morgan fingerprint density at radius 3 is 2.80 bits per heavy atom. The third-order valence-corrected chi connectivity index (χ3v) is 2.40. The minimum absolute atomic E-state index is 0.541. The summed E-state index contributed by atoms with van der Waals surface area (Å²) < 4.78 is 4.97. The molecule has 0 spiro atoms. The zero-order chi connectivity index (χ0) is 7.61. The first-order valence-electron chi connectivity index (χ1n) is 2.97. The Labute approximate surface area is 70.3 Å². The van der Waals surface area contributed by atoms with Crippen molar-refractivity contribution in [2.45, 2.75) is 11.5 Å². The van der Waals surface area contributed by atoms with E-state index in [1.165, 1.54) is 7.11 Å². The van der Waals surface area contributed by atoms with E-state index < -0.39 is 5.06 Å². The van der Waals surface area contributed by atoms with Crippen LogP contribution in [-0.4, -0.2) is 12.2 Å². The second-order valence-electron chi connectivity index (χ2n) is 2.04. The summed E-state index contributed by atoms with van der Waals surface area (Å²) in [6.07, 6.45) is 6.33. The van der Waals surface area contributed by atoms with Gasteiger partial charge in [-0.25, -0.2) is 0 Å². The second kappa shape index (κ2) is 2.95. The Kier molecular flexibility index (Phi) is 2.40. The van der Waals surface area contributed by atoms with Crippen molar-refractivity contribution in [2.75, 3.05) is 7.11 Å². The summed E-state index contributed by atoms with van der Waals surface area (Å²) in [5.41, 5.74) is 0. The number of ether oxygens (including phenoxy) is 1. The second-order valence-corrected chi connectivity index (χ2v) is 3.01. The fraction of sp³-hybridized carbons (Fsp3) is 0.429. The lowest BCUT2D eigenvalue weighted by molar-refractivity contribution is 0.139. The van der Waals surface area contributed by atoms with Crippen LogP contribution in [0, 0.1) is 0 Å². The molecule has 56 valence electrons. The fourth-order valence-electron chi connectivity index (χ4n) is 0.775. The van der Waals surface area contributed by atoms with Crippen LogP contribution in [0.3, 0.4) is 0 Å². The van der Waals surface area contributed by atoms with Gasteiger partial charge < -0.3 is 4.74 Å². The molecular formula is C7H8Cl2O. The number of rotatable bonds is 1. The maximum atomic E-state index is 5.90. The molecule has 1 nitrogen and oxygen atoms in total. The number of hydrogen-bond donors (Lipinski definition) is 0. The van der Waals surface area contributed by atoms with Crippen LogP contribution < -0.4 is 0 Å². The normalized spacial score (nSPS) is 32.1. The molecule has 0 aromatic heterocycles. The lowest BCUT2D eigenvalue weighted by atomic mass is 10.1. The van der Waals surface area contributed by atoms with Gasteiger partial charge in [-0.2, -0.15) is 0 Å². The molecule has 3 heteroatoms. The topological polar surface area (TPSA) is 9.23 Å². The largest absolute Gasteiger partial charge is 0.354 e. The fourth-order valence-corrected chi connectivity index (χ4v) is 1.17. The third kappa shape index (κ3) is 1.36. The molecule has 0 saturated heterocycles. The zero-order valence-electron chi connectivity index (χ0n) is 5.60. The minimum atomic E-state index is -0.903. The van der Waals surface area contributed by atoms with Crippen LogP contribution in [0.5, 0.6) is 0 Å². The molecule has 0 amide bonds. The first kappa shape index (κ1) is 8.12. The van der Waals surface area contributed by atoms with Crippen LogP contribution in [0.4, 0.5) is 0 Å². The molecule has 0 saturated carbocycles. The van der Waals surface area contributed by atoms with Gasteiger partial charge in [0.2, 0.25) is 0 Å². The van der Waals surface area contributed by atoms with Crippen molar-refractivity contribution < 1.29 is 4.74 Å². The molecule has 0 fully saturated rings. The maximum absolute atomic E-state index is 5.90. The Balaban J connectivity index is 2.83. The Morgan fingerprint density at radius 2 is 2.40 bits per heavy atom. The van der Waals surface area contributed by atoms with Crippen LogP contribution in [-0.2, 0) is 4.74 Å². The van der Waals surface area contributed by atoms with E-state index in [1.54, 1.807) is 6.08 Å². The van der Waals surface area contributed by atoms with E-state index in [0.717, 1.165) is 6.42 Å². The SMILES string of the molecule is COC1(Cl)C=CCC=C1Cl. The summed E-state index contributed by atoms with van der Waals surface area (Å²) in [7, 11) is 1.53. The summed E-state index contributed by atoms with van der Waals surface area (Å²) in [5, 5.41) is -0.362. The maximum Gasteiger partial charge on any atom is 0.196 e. The molecule has 0 aromatic carbocycles. The Hall–Kier alpha value is 0.0200. The van der Waals surface area contributed by atoms with Crippen molar-refractivity contribution in [3.63, 3.8) is 0 Å². The molecule has 0 N–H and O–H groups in total. The van der Waals surface area contributed by atoms with Gasteiger partial charge >= 0.3 is 0 Å². The van der Waals surface area contributed by atoms with Gasteiger partial charge in [-0.15, -0.1) is 0 Å². The van der Waals surface area contributed by atoms with Crippen LogP contribution in [0.25, 0.3) is 0 Å². The molecule has 0 aromatic rings. The number of hydrogen-bond acceptors (Lipinski definition) is 1. The highest BCUT2D eigenvalue weighted by Crippen LogP contribution is 2.33. The third-order valence-electron chi connectivity index (χ3n) is 1.39. The number of allylic oxidation sites excluding steroid dienone is 2. The van der Waals surface area contributed by atoms with Crippen molar-refractivity contribution in [2.24, 2.45) is 0 Å². The van der Waals surface area contributed by atoms with Crippen molar-refractivity contribution in [1.29, 1.82) is 0 Å². The van der Waals surface area contributed by atoms with Gasteiger partial charge in [0.1, 0.15) is 0 Å². The Morgan fingerprint density at radius 1 is 1.70 bits per heavy atom. The summed E-state index contributed by atoms with van der Waals surface area (Å²) in [5.74, 6) is 0. The first-order chi connectivity index (χ1) is 4.69. The molecule has 1 aliphatic carbocycles. The number of methoxy groups -OCH3 is 1. The molecule has 10 heavy (non-hydrogen) atoms. The lowest BCUT2D eigenvalue weighted by Crippen LogP contribution is -2.22. The van der Waals surface area contributed by atoms with Crippen molar-refractivity contribution in [3.05, 3.63) is 23.3 Å². The summed E-state index contributed by atoms with van der Waals surface area (Å²) in [6, 6.07) is 0. The Bertz CT molecular complexity index is 186. The molecule has 1 unspecified atom stereocenters. The molecule has 0 heterocycles. The van der Waals surface area contributed by atoms with Crippen molar-refractivity contribution >= 4 is 23.2 Å². The number of halogens is 2. The first-order valence-corrected chi connectivity index (χ1v) is 3.72. The van der Waals surface area contributed by atoms with Gasteiger partial charge in [0.15, 0.2) is 5.06 Å². The highest BCUT2D eigenvalue weighted by atomic mass is 35.5. The van der Waals surface area contributed by atoms with E-state index in [-0.39, 0.29) is 0 Å². The average molecular weight is 179 g/mol. The van der Waals surface area contributed by atoms with Gasteiger partial charge in [0.05, 0.1) is 5.03 Å². The van der Waals surface area contributed by atoms with E-state index in [4.69, 9.17) is 27.9 Å². The van der Waals surface area contributed by atoms with E-state index >= 15 is 0 Å². The van der Waals surface area contributed by atoms with Crippen LogP contribution >= 0.6 is 23.2 Å². The highest BCUT2D eigenvalue weighted by molar-refractivity contribution is 6.39. The highest BCUT2D eigenvalue weighted by Gasteiger charge is 2.28. The van der Waals surface area contributed by atoms with Crippen LogP contribution in [0.15, 0.2) is 23.3 Å². The van der Waals surface area contributed by atoms with E-state index in [9.17, 15) is 0 Å². The molecule has 1 rings (SSSR count). The predicted octanol–water partition coefficient (Wildman–Crippen LogP) is 2.65. The molecule has 1 atom stereocenters. The lowest BCUT2D eigenvalue weighted by Gasteiger charge is -2.23. The van der Waals surface area contributed by atoms with Crippen molar-refractivity contribution in [3.8, 4) is 0 Å². The quantitative estimate of drug-likeness (QED) is 0.444. The zero-order valence-corrected chi connectivity index (χ0v) is 7.12. The van der Waals surface area contributed by atoms with Gasteiger partial charge in [0.25, 0.3) is 0 Å². The van der Waals surface area contributed by atoms with Crippen LogP contribution in [0.1, 0.15) is 6.42 Å². The average Bonchev–Trinajstić information content (AvgIpc) is 1.96. The van der Waals surface area contributed by atoms with Gasteiger partial charge in [0, 0.05) is 7.11 Å². The minimum Gasteiger partial charge on any atom is -0.354 e. The summed E-state index contributed by atoms with van der Waals surface area (Å²) >= 11 is 11.7. The molecule has 0 aliphatic heterocycles. The van der Waals surface area contributed by atoms with Crippen molar-refractivity contribution in [1.82, 2.24) is 0 Å². The number of alkyl halides is 1. The van der Waals surface area contributed by atoms with Crippen LogP contribution in [0.2, 0.25) is 0 Å². The molecular weight excluding hydrogens is 171 g/mol. The van der Waals surface area contributed by atoms with E-state index in [1.807, 2.05) is 12.2 Å².